The largest absolute Gasteiger partial charge is 0.455 e. The van der Waals surface area contributed by atoms with Gasteiger partial charge in [0.05, 0.1) is 11.7 Å². The number of hydrogen-bond donors (Lipinski definition) is 1. The van der Waals surface area contributed by atoms with E-state index in [1.807, 2.05) is 0 Å². The average Bonchev–Trinajstić information content (AvgIpc) is 2.57. The second kappa shape index (κ2) is 6.69. The number of hydrogen-bond acceptors (Lipinski definition) is 3. The summed E-state index contributed by atoms with van der Waals surface area (Å²) < 4.78 is 4.95. The lowest BCUT2D eigenvalue weighted by molar-refractivity contribution is -0.139. The first-order chi connectivity index (χ1) is 7.65. The second-order valence-corrected chi connectivity index (χ2v) is 4.45. The lowest BCUT2D eigenvalue weighted by Gasteiger charge is -2.09. The van der Waals surface area contributed by atoms with Gasteiger partial charge in [-0.25, -0.2) is 4.79 Å². The van der Waals surface area contributed by atoms with Gasteiger partial charge in [0.1, 0.15) is 6.10 Å². The SMILES string of the molecule is CCCCCCC[C@@H](O)C1=C[C@@H](C)OC1=O. The molecule has 1 aliphatic heterocycles. The third kappa shape index (κ3) is 3.97. The van der Waals surface area contributed by atoms with Crippen LogP contribution in [-0.4, -0.2) is 23.3 Å². The Hall–Kier alpha value is -0.830. The molecule has 0 radical (unpaired) electrons. The van der Waals surface area contributed by atoms with Crippen molar-refractivity contribution < 1.29 is 14.6 Å². The summed E-state index contributed by atoms with van der Waals surface area (Å²) in [7, 11) is 0. The van der Waals surface area contributed by atoms with Crippen molar-refractivity contribution in [2.45, 2.75) is 64.6 Å². The molecule has 92 valence electrons. The maximum Gasteiger partial charge on any atom is 0.337 e. The second-order valence-electron chi connectivity index (χ2n) is 4.45. The number of aliphatic hydroxyl groups excluding tert-OH is 1. The lowest BCUT2D eigenvalue weighted by Crippen LogP contribution is -2.16. The highest BCUT2D eigenvalue weighted by Crippen LogP contribution is 2.20. The van der Waals surface area contributed by atoms with Crippen LogP contribution in [0.2, 0.25) is 0 Å². The Morgan fingerprint density at radius 2 is 2.06 bits per heavy atom. The van der Waals surface area contributed by atoms with Crippen LogP contribution in [-0.2, 0) is 9.53 Å². The van der Waals surface area contributed by atoms with Crippen LogP contribution in [0, 0.1) is 0 Å². The van der Waals surface area contributed by atoms with E-state index < -0.39 is 6.10 Å². The van der Waals surface area contributed by atoms with E-state index in [1.165, 1.54) is 19.3 Å². The van der Waals surface area contributed by atoms with Gasteiger partial charge >= 0.3 is 5.97 Å². The van der Waals surface area contributed by atoms with Gasteiger partial charge in [0.2, 0.25) is 0 Å². The van der Waals surface area contributed by atoms with E-state index >= 15 is 0 Å². The fourth-order valence-corrected chi connectivity index (χ4v) is 1.94. The first-order valence-corrected chi connectivity index (χ1v) is 6.26. The van der Waals surface area contributed by atoms with Gasteiger partial charge < -0.3 is 9.84 Å². The molecule has 0 aliphatic carbocycles. The molecular weight excluding hydrogens is 204 g/mol. The zero-order valence-corrected chi connectivity index (χ0v) is 10.2. The van der Waals surface area contributed by atoms with Gasteiger partial charge in [0.25, 0.3) is 0 Å². The average molecular weight is 226 g/mol. The molecule has 0 aromatic carbocycles. The van der Waals surface area contributed by atoms with Crippen LogP contribution in [0.4, 0.5) is 0 Å². The zero-order valence-electron chi connectivity index (χ0n) is 10.2. The molecule has 0 spiro atoms. The number of esters is 1. The number of unbranched alkanes of at least 4 members (excludes halogenated alkanes) is 4. The highest BCUT2D eigenvalue weighted by atomic mass is 16.5. The topological polar surface area (TPSA) is 46.5 Å². The quantitative estimate of drug-likeness (QED) is 0.536. The number of carbonyl (C=O) groups excluding carboxylic acids is 1. The Morgan fingerprint density at radius 3 is 2.62 bits per heavy atom. The molecule has 1 heterocycles. The van der Waals surface area contributed by atoms with Crippen molar-refractivity contribution in [3.8, 4) is 0 Å². The summed E-state index contributed by atoms with van der Waals surface area (Å²) in [6, 6.07) is 0. The van der Waals surface area contributed by atoms with Crippen molar-refractivity contribution in [2.75, 3.05) is 0 Å². The van der Waals surface area contributed by atoms with Gasteiger partial charge in [0.15, 0.2) is 0 Å². The number of carbonyl (C=O) groups is 1. The molecule has 3 nitrogen and oxygen atoms in total. The minimum Gasteiger partial charge on any atom is -0.455 e. The van der Waals surface area contributed by atoms with Crippen molar-refractivity contribution in [3.05, 3.63) is 11.6 Å². The maximum absolute atomic E-state index is 11.3. The fourth-order valence-electron chi connectivity index (χ4n) is 1.94. The Morgan fingerprint density at radius 1 is 1.38 bits per heavy atom. The summed E-state index contributed by atoms with van der Waals surface area (Å²) in [4.78, 5) is 11.3. The molecule has 0 saturated heterocycles. The normalized spacial score (nSPS) is 21.8. The molecule has 1 rings (SSSR count). The van der Waals surface area contributed by atoms with Gasteiger partial charge in [-0.15, -0.1) is 0 Å². The highest BCUT2D eigenvalue weighted by molar-refractivity contribution is 5.91. The number of cyclic esters (lactones) is 1. The summed E-state index contributed by atoms with van der Waals surface area (Å²) >= 11 is 0. The lowest BCUT2D eigenvalue weighted by atomic mass is 10.0. The smallest absolute Gasteiger partial charge is 0.337 e. The predicted octanol–water partition coefficient (Wildman–Crippen LogP) is 2.58. The highest BCUT2D eigenvalue weighted by Gasteiger charge is 2.27. The molecule has 2 atom stereocenters. The van der Waals surface area contributed by atoms with Crippen molar-refractivity contribution in [1.29, 1.82) is 0 Å². The molecule has 3 heteroatoms. The third-order valence-electron chi connectivity index (χ3n) is 2.88. The van der Waals surface area contributed by atoms with E-state index in [1.54, 1.807) is 13.0 Å². The molecule has 0 unspecified atom stereocenters. The van der Waals surface area contributed by atoms with E-state index in [2.05, 4.69) is 6.92 Å². The van der Waals surface area contributed by atoms with Crippen molar-refractivity contribution in [1.82, 2.24) is 0 Å². The molecule has 1 aliphatic rings. The summed E-state index contributed by atoms with van der Waals surface area (Å²) in [6.45, 7) is 3.98. The molecule has 0 aromatic heterocycles. The van der Waals surface area contributed by atoms with E-state index in [9.17, 15) is 9.90 Å². The predicted molar refractivity (Wildman–Crippen MR) is 63.0 cm³/mol. The van der Waals surface area contributed by atoms with Crippen LogP contribution in [0.3, 0.4) is 0 Å². The Labute approximate surface area is 97.5 Å². The Balaban J connectivity index is 2.22. The molecular formula is C13H22O3. The number of ether oxygens (including phenoxy) is 1. The molecule has 0 saturated carbocycles. The first kappa shape index (κ1) is 13.2. The van der Waals surface area contributed by atoms with Crippen LogP contribution in [0.15, 0.2) is 11.6 Å². The molecule has 0 amide bonds. The first-order valence-electron chi connectivity index (χ1n) is 6.26. The van der Waals surface area contributed by atoms with Crippen molar-refractivity contribution in [2.24, 2.45) is 0 Å². The summed E-state index contributed by atoms with van der Waals surface area (Å²) in [5.41, 5.74) is 0.447. The van der Waals surface area contributed by atoms with Gasteiger partial charge in [-0.3, -0.25) is 0 Å². The molecule has 16 heavy (non-hydrogen) atoms. The summed E-state index contributed by atoms with van der Waals surface area (Å²) in [5.74, 6) is -0.353. The summed E-state index contributed by atoms with van der Waals surface area (Å²) in [5, 5.41) is 9.82. The van der Waals surface area contributed by atoms with Crippen molar-refractivity contribution >= 4 is 5.97 Å². The van der Waals surface area contributed by atoms with Crippen LogP contribution in [0.1, 0.15) is 52.4 Å². The van der Waals surface area contributed by atoms with Crippen LogP contribution in [0.25, 0.3) is 0 Å². The van der Waals surface area contributed by atoms with E-state index in [0.717, 1.165) is 12.8 Å². The molecule has 1 N–H and O–H groups in total. The maximum atomic E-state index is 11.3. The van der Waals surface area contributed by atoms with E-state index in [-0.39, 0.29) is 12.1 Å². The molecule has 0 aromatic rings. The zero-order chi connectivity index (χ0) is 12.0. The minimum atomic E-state index is -0.640. The Kier molecular flexibility index (Phi) is 5.53. The number of aliphatic hydroxyl groups is 1. The van der Waals surface area contributed by atoms with Gasteiger partial charge in [0, 0.05) is 0 Å². The summed E-state index contributed by atoms with van der Waals surface area (Å²) in [6.07, 6.45) is 7.34. The molecule has 0 bridgehead atoms. The molecule has 0 fully saturated rings. The minimum absolute atomic E-state index is 0.183. The monoisotopic (exact) mass is 226 g/mol. The van der Waals surface area contributed by atoms with Gasteiger partial charge in [-0.1, -0.05) is 39.0 Å². The van der Waals surface area contributed by atoms with Crippen LogP contribution < -0.4 is 0 Å². The van der Waals surface area contributed by atoms with Gasteiger partial charge in [-0.2, -0.15) is 0 Å². The van der Waals surface area contributed by atoms with E-state index in [4.69, 9.17) is 4.74 Å². The standard InChI is InChI=1S/C13H22O3/c1-3-4-5-6-7-8-12(14)11-9-10(2)16-13(11)15/h9-10,12,14H,3-8H2,1-2H3/t10-,12-/m1/s1. The Bertz CT molecular complexity index is 258. The van der Waals surface area contributed by atoms with Crippen molar-refractivity contribution in [3.63, 3.8) is 0 Å². The third-order valence-corrected chi connectivity index (χ3v) is 2.88. The fraction of sp³-hybridized carbons (Fsp3) is 0.769. The van der Waals surface area contributed by atoms with Crippen LogP contribution >= 0.6 is 0 Å². The van der Waals surface area contributed by atoms with Crippen LogP contribution in [0.5, 0.6) is 0 Å². The van der Waals surface area contributed by atoms with Gasteiger partial charge in [-0.05, 0) is 19.4 Å². The number of rotatable bonds is 7. The van der Waals surface area contributed by atoms with E-state index in [0.29, 0.717) is 12.0 Å².